The molecule has 0 fully saturated rings. The fourth-order valence-electron chi connectivity index (χ4n) is 4.22. The Balaban J connectivity index is 1.59. The molecule has 1 aliphatic rings. The van der Waals surface area contributed by atoms with Gasteiger partial charge in [-0.2, -0.15) is 4.31 Å². The largest absolute Gasteiger partial charge is 0.454 e. The number of aryl methyl sites for hydroxylation is 3. The van der Waals surface area contributed by atoms with Crippen molar-refractivity contribution >= 4 is 21.6 Å². The van der Waals surface area contributed by atoms with Crippen molar-refractivity contribution in [3.8, 4) is 11.5 Å². The second-order valence-corrected chi connectivity index (χ2v) is 10.3. The van der Waals surface area contributed by atoms with Crippen molar-refractivity contribution in [1.29, 1.82) is 0 Å². The fraction of sp³-hybridized carbons (Fsp3) is 0.269. The molecule has 0 aliphatic carbocycles. The van der Waals surface area contributed by atoms with Crippen LogP contribution in [0.25, 0.3) is 0 Å². The molecule has 0 spiro atoms. The maximum atomic E-state index is 13.8. The highest BCUT2D eigenvalue weighted by Gasteiger charge is 2.29. The molecule has 178 valence electrons. The van der Waals surface area contributed by atoms with E-state index < -0.39 is 15.9 Å². The third kappa shape index (κ3) is 5.24. The normalized spacial score (nSPS) is 12.7. The monoisotopic (exact) mass is 480 g/mol. The average molecular weight is 481 g/mol. The highest BCUT2D eigenvalue weighted by molar-refractivity contribution is 7.89. The van der Waals surface area contributed by atoms with Crippen LogP contribution in [-0.2, 0) is 21.2 Å². The first-order valence-corrected chi connectivity index (χ1v) is 12.5. The van der Waals surface area contributed by atoms with Crippen LogP contribution in [0, 0.1) is 20.8 Å². The quantitative estimate of drug-likeness (QED) is 0.522. The van der Waals surface area contributed by atoms with E-state index in [2.05, 4.69) is 5.32 Å². The van der Waals surface area contributed by atoms with Crippen LogP contribution < -0.4 is 14.8 Å². The minimum atomic E-state index is -3.92. The van der Waals surface area contributed by atoms with Gasteiger partial charge in [0, 0.05) is 18.3 Å². The van der Waals surface area contributed by atoms with Crippen LogP contribution in [0.3, 0.4) is 0 Å². The third-order valence-electron chi connectivity index (χ3n) is 5.67. The van der Waals surface area contributed by atoms with Gasteiger partial charge in [0.1, 0.15) is 0 Å². The molecule has 4 rings (SSSR count). The Morgan fingerprint density at radius 2 is 1.62 bits per heavy atom. The molecule has 1 aliphatic heterocycles. The predicted molar refractivity (Wildman–Crippen MR) is 131 cm³/mol. The number of rotatable bonds is 8. The lowest BCUT2D eigenvalue weighted by Crippen LogP contribution is -2.39. The van der Waals surface area contributed by atoms with Gasteiger partial charge in [-0.1, -0.05) is 48.0 Å². The molecule has 0 aromatic heterocycles. The summed E-state index contributed by atoms with van der Waals surface area (Å²) >= 11 is 0. The van der Waals surface area contributed by atoms with Crippen molar-refractivity contribution in [3.63, 3.8) is 0 Å². The van der Waals surface area contributed by atoms with E-state index in [0.717, 1.165) is 11.1 Å². The van der Waals surface area contributed by atoms with E-state index in [1.165, 1.54) is 4.31 Å². The topological polar surface area (TPSA) is 84.9 Å². The number of benzene rings is 3. The smallest absolute Gasteiger partial charge is 0.244 e. The zero-order valence-electron chi connectivity index (χ0n) is 19.5. The van der Waals surface area contributed by atoms with Crippen molar-refractivity contribution in [2.45, 2.75) is 32.1 Å². The number of nitrogens with one attached hydrogen (secondary N) is 1. The average Bonchev–Trinajstić information content (AvgIpc) is 3.24. The maximum absolute atomic E-state index is 13.8. The molecule has 8 heteroatoms. The summed E-state index contributed by atoms with van der Waals surface area (Å²) in [5.41, 5.74) is 3.83. The zero-order valence-corrected chi connectivity index (χ0v) is 20.3. The Kier molecular flexibility index (Phi) is 6.90. The van der Waals surface area contributed by atoms with Crippen molar-refractivity contribution < 1.29 is 22.7 Å². The lowest BCUT2D eigenvalue weighted by atomic mass is 10.1. The summed E-state index contributed by atoms with van der Waals surface area (Å²) in [7, 11) is -3.92. The van der Waals surface area contributed by atoms with E-state index in [1.54, 1.807) is 32.0 Å². The van der Waals surface area contributed by atoms with E-state index in [9.17, 15) is 13.2 Å². The summed E-state index contributed by atoms with van der Waals surface area (Å²) < 4.78 is 39.4. The number of amides is 1. The number of carbonyl (C=O) groups excluding carboxylic acids is 1. The first kappa shape index (κ1) is 23.8. The summed E-state index contributed by atoms with van der Waals surface area (Å²) in [6.45, 7) is 5.50. The minimum absolute atomic E-state index is 0.132. The highest BCUT2D eigenvalue weighted by atomic mass is 32.2. The van der Waals surface area contributed by atoms with Crippen molar-refractivity contribution in [1.82, 2.24) is 4.31 Å². The molecule has 0 unspecified atom stereocenters. The molecular formula is C26H28N2O5S. The molecule has 3 aromatic rings. The van der Waals surface area contributed by atoms with Gasteiger partial charge in [-0.3, -0.25) is 4.79 Å². The molecule has 1 N–H and O–H groups in total. The molecule has 3 aromatic carbocycles. The van der Waals surface area contributed by atoms with Crippen LogP contribution in [0.5, 0.6) is 11.5 Å². The van der Waals surface area contributed by atoms with Crippen molar-refractivity contribution in [2.75, 3.05) is 25.2 Å². The molecule has 1 heterocycles. The first-order valence-electron chi connectivity index (χ1n) is 11.1. The maximum Gasteiger partial charge on any atom is 0.244 e. The third-order valence-corrected chi connectivity index (χ3v) is 7.82. The lowest BCUT2D eigenvalue weighted by molar-refractivity contribution is -0.116. The first-order chi connectivity index (χ1) is 16.2. The van der Waals surface area contributed by atoms with Crippen LogP contribution >= 0.6 is 0 Å². The number of carbonyl (C=O) groups is 1. The van der Waals surface area contributed by atoms with Crippen molar-refractivity contribution in [2.24, 2.45) is 0 Å². The van der Waals surface area contributed by atoms with Gasteiger partial charge in [-0.05, 0) is 56.0 Å². The van der Waals surface area contributed by atoms with Gasteiger partial charge in [0.25, 0.3) is 0 Å². The number of sulfonamides is 1. The van der Waals surface area contributed by atoms with Gasteiger partial charge >= 0.3 is 0 Å². The van der Waals surface area contributed by atoms with Gasteiger partial charge in [0.2, 0.25) is 22.7 Å². The number of fused-ring (bicyclic) bond motifs is 1. The van der Waals surface area contributed by atoms with E-state index in [4.69, 9.17) is 9.47 Å². The van der Waals surface area contributed by atoms with Crippen LogP contribution in [-0.4, -0.2) is 38.5 Å². The molecule has 0 saturated carbocycles. The molecular weight excluding hydrogens is 452 g/mol. The molecule has 34 heavy (non-hydrogen) atoms. The van der Waals surface area contributed by atoms with E-state index >= 15 is 0 Å². The van der Waals surface area contributed by atoms with Gasteiger partial charge in [0.15, 0.2) is 11.5 Å². The predicted octanol–water partition coefficient (Wildman–Crippen LogP) is 4.21. The number of anilines is 1. The summed E-state index contributed by atoms with van der Waals surface area (Å²) in [5, 5.41) is 2.78. The Hall–Kier alpha value is -3.36. The van der Waals surface area contributed by atoms with Gasteiger partial charge < -0.3 is 14.8 Å². The Labute approximate surface area is 200 Å². The molecule has 0 saturated heterocycles. The van der Waals surface area contributed by atoms with Crippen LogP contribution in [0.15, 0.2) is 65.6 Å². The van der Waals surface area contributed by atoms with E-state index in [-0.39, 0.29) is 24.8 Å². The SMILES string of the molecule is Cc1cc(C)c(S(=O)(=O)N(CCc2ccccc2)CC(=O)Nc2ccc3c(c2)OCO3)c(C)c1. The second-order valence-electron chi connectivity index (χ2n) is 8.42. The molecule has 0 bridgehead atoms. The standard InChI is InChI=1S/C26H28N2O5S/c1-18-13-19(2)26(20(3)14-18)34(30,31)28(12-11-21-7-5-4-6-8-21)16-25(29)27-22-9-10-23-24(15-22)33-17-32-23/h4-10,13-15H,11-12,16-17H2,1-3H3,(H,27,29). The zero-order chi connectivity index (χ0) is 24.3. The summed E-state index contributed by atoms with van der Waals surface area (Å²) in [4.78, 5) is 13.2. The minimum Gasteiger partial charge on any atom is -0.454 e. The van der Waals surface area contributed by atoms with E-state index in [0.29, 0.717) is 34.7 Å². The number of ether oxygens (including phenoxy) is 2. The van der Waals surface area contributed by atoms with Gasteiger partial charge in [0.05, 0.1) is 11.4 Å². The summed E-state index contributed by atoms with van der Waals surface area (Å²) in [6, 6.07) is 18.4. The Morgan fingerprint density at radius 1 is 0.941 bits per heavy atom. The number of hydrogen-bond acceptors (Lipinski definition) is 5. The summed E-state index contributed by atoms with van der Waals surface area (Å²) in [6.07, 6.45) is 0.487. The van der Waals surface area contributed by atoms with Crippen molar-refractivity contribution in [3.05, 3.63) is 82.9 Å². The van der Waals surface area contributed by atoms with Crippen LogP contribution in [0.1, 0.15) is 22.3 Å². The molecule has 0 radical (unpaired) electrons. The van der Waals surface area contributed by atoms with Gasteiger partial charge in [-0.25, -0.2) is 8.42 Å². The number of hydrogen-bond donors (Lipinski definition) is 1. The lowest BCUT2D eigenvalue weighted by Gasteiger charge is -2.24. The second kappa shape index (κ2) is 9.87. The van der Waals surface area contributed by atoms with E-state index in [1.807, 2.05) is 49.4 Å². The fourth-order valence-corrected chi connectivity index (χ4v) is 6.03. The molecule has 1 amide bonds. The van der Waals surface area contributed by atoms with Crippen LogP contribution in [0.4, 0.5) is 5.69 Å². The number of nitrogens with zero attached hydrogens (tertiary/aromatic N) is 1. The Morgan fingerprint density at radius 3 is 2.32 bits per heavy atom. The highest BCUT2D eigenvalue weighted by Crippen LogP contribution is 2.34. The van der Waals surface area contributed by atoms with Crippen LogP contribution in [0.2, 0.25) is 0 Å². The molecule has 0 atom stereocenters. The summed E-state index contributed by atoms with van der Waals surface area (Å²) in [5.74, 6) is 0.713. The Bertz CT molecular complexity index is 1280. The molecule has 7 nitrogen and oxygen atoms in total. The van der Waals surface area contributed by atoms with Gasteiger partial charge in [-0.15, -0.1) is 0 Å².